The normalized spacial score (nSPS) is 10.6. The van der Waals surface area contributed by atoms with Crippen molar-refractivity contribution in [3.63, 3.8) is 0 Å². The zero-order chi connectivity index (χ0) is 14.9. The van der Waals surface area contributed by atoms with E-state index in [-0.39, 0.29) is 17.7 Å². The lowest BCUT2D eigenvalue weighted by molar-refractivity contribution is 0.0686. The topological polar surface area (TPSA) is 72.2 Å². The number of halogens is 2. The minimum Gasteiger partial charge on any atom is -0.476 e. The maximum atomic E-state index is 13.7. The van der Waals surface area contributed by atoms with Gasteiger partial charge in [-0.3, -0.25) is 4.79 Å². The molecule has 0 aliphatic rings. The van der Waals surface area contributed by atoms with Crippen LogP contribution < -0.4 is 5.43 Å². The molecule has 0 atom stereocenters. The molecule has 2 aromatic rings. The molecule has 0 fully saturated rings. The van der Waals surface area contributed by atoms with E-state index in [4.69, 9.17) is 5.11 Å². The third-order valence-electron chi connectivity index (χ3n) is 2.73. The van der Waals surface area contributed by atoms with Crippen molar-refractivity contribution in [1.82, 2.24) is 9.78 Å². The summed E-state index contributed by atoms with van der Waals surface area (Å²) in [7, 11) is 0. The smallest absolute Gasteiger partial charge is 0.360 e. The van der Waals surface area contributed by atoms with Crippen LogP contribution in [0.15, 0.2) is 29.2 Å². The van der Waals surface area contributed by atoms with Gasteiger partial charge in [0.2, 0.25) is 11.1 Å². The predicted molar refractivity (Wildman–Crippen MR) is 66.1 cm³/mol. The van der Waals surface area contributed by atoms with Gasteiger partial charge < -0.3 is 5.11 Å². The summed E-state index contributed by atoms with van der Waals surface area (Å²) in [5, 5.41) is 12.5. The fourth-order valence-electron chi connectivity index (χ4n) is 1.72. The lowest BCUT2D eigenvalue weighted by Crippen LogP contribution is -2.24. The van der Waals surface area contributed by atoms with E-state index in [0.29, 0.717) is 0 Å². The highest BCUT2D eigenvalue weighted by molar-refractivity contribution is 5.85. The van der Waals surface area contributed by atoms with Crippen LogP contribution in [-0.2, 0) is 6.42 Å². The van der Waals surface area contributed by atoms with Crippen LogP contribution in [0.4, 0.5) is 8.78 Å². The Morgan fingerprint density at radius 3 is 2.70 bits per heavy atom. The van der Waals surface area contributed by atoms with E-state index in [0.717, 1.165) is 22.9 Å². The molecule has 1 N–H and O–H groups in total. The molecule has 1 heterocycles. The van der Waals surface area contributed by atoms with Gasteiger partial charge in [0.1, 0.15) is 17.3 Å². The van der Waals surface area contributed by atoms with Crippen LogP contribution in [0.1, 0.15) is 23.0 Å². The van der Waals surface area contributed by atoms with Crippen molar-refractivity contribution < 1.29 is 18.7 Å². The molecule has 0 saturated heterocycles. The summed E-state index contributed by atoms with van der Waals surface area (Å²) < 4.78 is 27.7. The average Bonchev–Trinajstić information content (AvgIpc) is 2.41. The Kier molecular flexibility index (Phi) is 3.60. The van der Waals surface area contributed by atoms with Crippen molar-refractivity contribution in [3.05, 3.63) is 57.5 Å². The number of aromatic nitrogens is 2. The molecule has 104 valence electrons. The number of nitrogens with zero attached hydrogens (tertiary/aromatic N) is 2. The monoisotopic (exact) mass is 280 g/mol. The van der Waals surface area contributed by atoms with Gasteiger partial charge in [-0.25, -0.2) is 18.3 Å². The van der Waals surface area contributed by atoms with Crippen LogP contribution in [0, 0.1) is 11.6 Å². The van der Waals surface area contributed by atoms with Crippen molar-refractivity contribution in [1.29, 1.82) is 0 Å². The second-order valence-electron chi connectivity index (χ2n) is 4.03. The average molecular weight is 280 g/mol. The number of carboxylic acid groups (broad SMARTS) is 1. The molecule has 0 radical (unpaired) electrons. The molecule has 0 amide bonds. The first-order valence-corrected chi connectivity index (χ1v) is 5.75. The van der Waals surface area contributed by atoms with Gasteiger partial charge in [0.15, 0.2) is 0 Å². The third-order valence-corrected chi connectivity index (χ3v) is 2.73. The van der Waals surface area contributed by atoms with E-state index in [1.165, 1.54) is 6.20 Å². The van der Waals surface area contributed by atoms with Gasteiger partial charge >= 0.3 is 5.97 Å². The summed E-state index contributed by atoms with van der Waals surface area (Å²) in [5.74, 6) is -2.99. The van der Waals surface area contributed by atoms with Gasteiger partial charge in [0.05, 0.1) is 0 Å². The fraction of sp³-hybridized carbons (Fsp3) is 0.154. The first-order chi connectivity index (χ1) is 9.43. The van der Waals surface area contributed by atoms with E-state index in [1.54, 1.807) is 6.92 Å². The van der Waals surface area contributed by atoms with E-state index >= 15 is 0 Å². The quantitative estimate of drug-likeness (QED) is 0.930. The molecule has 2 rings (SSSR count). The SMILES string of the molecule is CCc1cn(-c2cc(F)ccc2F)nc(C(=O)O)c1=O. The Labute approximate surface area is 112 Å². The van der Waals surface area contributed by atoms with Crippen molar-refractivity contribution in [3.8, 4) is 5.69 Å². The Hall–Kier alpha value is -2.57. The largest absolute Gasteiger partial charge is 0.476 e. The van der Waals surface area contributed by atoms with Crippen LogP contribution >= 0.6 is 0 Å². The molecule has 20 heavy (non-hydrogen) atoms. The van der Waals surface area contributed by atoms with Crippen LogP contribution in [0.3, 0.4) is 0 Å². The number of rotatable bonds is 3. The number of carbonyl (C=O) groups is 1. The van der Waals surface area contributed by atoms with Crippen LogP contribution in [0.5, 0.6) is 0 Å². The molecular formula is C13H10F2N2O3. The molecule has 0 saturated carbocycles. The third kappa shape index (κ3) is 2.42. The Bertz CT molecular complexity index is 741. The van der Waals surface area contributed by atoms with Gasteiger partial charge in [-0.05, 0) is 18.6 Å². The minimum atomic E-state index is -1.52. The fourth-order valence-corrected chi connectivity index (χ4v) is 1.72. The van der Waals surface area contributed by atoms with Crippen molar-refractivity contribution in [2.75, 3.05) is 0 Å². The van der Waals surface area contributed by atoms with Crippen LogP contribution in [0.2, 0.25) is 0 Å². The van der Waals surface area contributed by atoms with Crippen LogP contribution in [-0.4, -0.2) is 20.9 Å². The summed E-state index contributed by atoms with van der Waals surface area (Å²) in [5.41, 5.74) is -1.57. The second-order valence-corrected chi connectivity index (χ2v) is 4.03. The van der Waals surface area contributed by atoms with Crippen LogP contribution in [0.25, 0.3) is 5.69 Å². The minimum absolute atomic E-state index is 0.154. The maximum absolute atomic E-state index is 13.7. The molecule has 1 aromatic heterocycles. The zero-order valence-corrected chi connectivity index (χ0v) is 10.4. The standard InChI is InChI=1S/C13H10F2N2O3/c1-2-7-6-17(16-11(12(7)18)13(19)20)10-5-8(14)3-4-9(10)15/h3-6H,2H2,1H3,(H,19,20). The first kappa shape index (κ1) is 13.9. The van der Waals surface area contributed by atoms with E-state index in [1.807, 2.05) is 0 Å². The maximum Gasteiger partial charge on any atom is 0.360 e. The highest BCUT2D eigenvalue weighted by Crippen LogP contribution is 2.14. The summed E-state index contributed by atoms with van der Waals surface area (Å²) in [6.45, 7) is 1.65. The zero-order valence-electron chi connectivity index (χ0n) is 10.4. The molecular weight excluding hydrogens is 270 g/mol. The molecule has 5 nitrogen and oxygen atoms in total. The van der Waals surface area contributed by atoms with Crippen molar-refractivity contribution in [2.24, 2.45) is 0 Å². The number of carboxylic acids is 1. The molecule has 1 aromatic carbocycles. The number of benzene rings is 1. The number of aryl methyl sites for hydroxylation is 1. The lowest BCUT2D eigenvalue weighted by Gasteiger charge is -2.09. The number of hydrogen-bond acceptors (Lipinski definition) is 3. The Balaban J connectivity index is 2.75. The number of aromatic carboxylic acids is 1. The molecule has 7 heteroatoms. The van der Waals surface area contributed by atoms with E-state index in [9.17, 15) is 18.4 Å². The highest BCUT2D eigenvalue weighted by atomic mass is 19.1. The first-order valence-electron chi connectivity index (χ1n) is 5.75. The molecule has 0 spiro atoms. The van der Waals surface area contributed by atoms with E-state index in [2.05, 4.69) is 5.10 Å². The van der Waals surface area contributed by atoms with Gasteiger partial charge in [-0.2, -0.15) is 5.10 Å². The summed E-state index contributed by atoms with van der Waals surface area (Å²) >= 11 is 0. The summed E-state index contributed by atoms with van der Waals surface area (Å²) in [4.78, 5) is 22.7. The molecule has 0 aliphatic carbocycles. The van der Waals surface area contributed by atoms with E-state index < -0.39 is 28.7 Å². The van der Waals surface area contributed by atoms with Gasteiger partial charge in [0.25, 0.3) is 0 Å². The van der Waals surface area contributed by atoms with Crippen molar-refractivity contribution >= 4 is 5.97 Å². The predicted octanol–water partition coefficient (Wildman–Crippen LogP) is 1.77. The lowest BCUT2D eigenvalue weighted by atomic mass is 10.2. The second kappa shape index (κ2) is 5.20. The summed E-state index contributed by atoms with van der Waals surface area (Å²) in [6.07, 6.45) is 1.45. The van der Waals surface area contributed by atoms with Gasteiger partial charge in [0, 0.05) is 17.8 Å². The molecule has 0 aliphatic heterocycles. The Morgan fingerprint density at radius 2 is 2.10 bits per heavy atom. The molecule has 0 unspecified atom stereocenters. The van der Waals surface area contributed by atoms with Gasteiger partial charge in [-0.15, -0.1) is 0 Å². The van der Waals surface area contributed by atoms with Crippen molar-refractivity contribution in [2.45, 2.75) is 13.3 Å². The number of hydrogen-bond donors (Lipinski definition) is 1. The highest BCUT2D eigenvalue weighted by Gasteiger charge is 2.17. The summed E-state index contributed by atoms with van der Waals surface area (Å²) in [6, 6.07) is 2.70. The molecule has 0 bridgehead atoms. The van der Waals surface area contributed by atoms with Gasteiger partial charge in [-0.1, -0.05) is 6.92 Å². The Morgan fingerprint density at radius 1 is 1.40 bits per heavy atom.